The first-order valence-corrected chi connectivity index (χ1v) is 8.59. The Kier molecular flexibility index (Phi) is 6.42. The minimum Gasteiger partial charge on any atom is -0.384 e. The molecular weight excluding hydrogens is 274 g/mol. The zero-order valence-corrected chi connectivity index (χ0v) is 13.5. The van der Waals surface area contributed by atoms with Gasteiger partial charge in [0, 0.05) is 25.0 Å². The Morgan fingerprint density at radius 1 is 1.30 bits per heavy atom. The molecule has 2 N–H and O–H groups in total. The third kappa shape index (κ3) is 4.76. The van der Waals surface area contributed by atoms with Crippen LogP contribution in [0.3, 0.4) is 0 Å². The van der Waals surface area contributed by atoms with Crippen molar-refractivity contribution in [2.45, 2.75) is 51.5 Å². The van der Waals surface area contributed by atoms with E-state index in [9.17, 15) is 8.42 Å². The molecule has 1 aromatic heterocycles. The second-order valence-electron chi connectivity index (χ2n) is 5.17. The molecule has 1 heterocycles. The average Bonchev–Trinajstić information content (AvgIpc) is 2.38. The van der Waals surface area contributed by atoms with Gasteiger partial charge in [-0.2, -0.15) is 0 Å². The highest BCUT2D eigenvalue weighted by Gasteiger charge is 2.21. The molecule has 0 amide bonds. The molecule has 0 fully saturated rings. The molecule has 0 aromatic carbocycles. The fraction of sp³-hybridized carbons (Fsp3) is 0.643. The first-order chi connectivity index (χ1) is 9.40. The van der Waals surface area contributed by atoms with Crippen molar-refractivity contribution in [3.63, 3.8) is 0 Å². The minimum atomic E-state index is -3.54. The molecule has 5 nitrogen and oxygen atoms in total. The highest BCUT2D eigenvalue weighted by molar-refractivity contribution is 7.89. The van der Waals surface area contributed by atoms with Crippen LogP contribution in [0.4, 0.5) is 5.69 Å². The average molecular weight is 299 g/mol. The lowest BCUT2D eigenvalue weighted by Gasteiger charge is -2.18. The number of nitrogens with one attached hydrogen (secondary N) is 2. The molecule has 0 saturated carbocycles. The number of rotatable bonds is 8. The first-order valence-electron chi connectivity index (χ1n) is 7.10. The molecule has 0 radical (unpaired) electrons. The number of pyridine rings is 1. The number of anilines is 1. The maximum absolute atomic E-state index is 12.4. The van der Waals surface area contributed by atoms with Crippen molar-refractivity contribution in [2.75, 3.05) is 11.9 Å². The molecule has 1 aromatic rings. The van der Waals surface area contributed by atoms with Crippen LogP contribution in [0.2, 0.25) is 0 Å². The molecule has 6 heteroatoms. The lowest BCUT2D eigenvalue weighted by molar-refractivity contribution is 0.445. The van der Waals surface area contributed by atoms with E-state index in [1.807, 2.05) is 13.8 Å². The summed E-state index contributed by atoms with van der Waals surface area (Å²) < 4.78 is 27.6. The molecule has 0 aliphatic heterocycles. The third-order valence-corrected chi connectivity index (χ3v) is 4.87. The van der Waals surface area contributed by atoms with Crippen LogP contribution in [-0.4, -0.2) is 26.0 Å². The van der Waals surface area contributed by atoms with Crippen molar-refractivity contribution in [3.05, 3.63) is 18.5 Å². The van der Waals surface area contributed by atoms with Gasteiger partial charge in [-0.3, -0.25) is 4.98 Å². The summed E-state index contributed by atoms with van der Waals surface area (Å²) in [5.41, 5.74) is 0.589. The van der Waals surface area contributed by atoms with Crippen molar-refractivity contribution in [1.82, 2.24) is 9.71 Å². The maximum atomic E-state index is 12.4. The summed E-state index contributed by atoms with van der Waals surface area (Å²) in [6.07, 6.45) is 4.84. The highest BCUT2D eigenvalue weighted by Crippen LogP contribution is 2.20. The van der Waals surface area contributed by atoms with Crippen LogP contribution >= 0.6 is 0 Å². The smallest absolute Gasteiger partial charge is 0.244 e. The standard InChI is InChI=1S/C14H25N3O2S/c1-5-11(3)9-12(4)17-20(18,19)14-10-15-8-7-13(14)16-6-2/h7-8,10-12,17H,5-6,9H2,1-4H3,(H,15,16). The van der Waals surface area contributed by atoms with Crippen LogP contribution < -0.4 is 10.0 Å². The second-order valence-corrected chi connectivity index (χ2v) is 6.86. The zero-order chi connectivity index (χ0) is 15.2. The van der Waals surface area contributed by atoms with Crippen molar-refractivity contribution < 1.29 is 8.42 Å². The summed E-state index contributed by atoms with van der Waals surface area (Å²) in [4.78, 5) is 4.13. The quantitative estimate of drug-likeness (QED) is 0.774. The number of sulfonamides is 1. The lowest BCUT2D eigenvalue weighted by Crippen LogP contribution is -2.34. The highest BCUT2D eigenvalue weighted by atomic mass is 32.2. The fourth-order valence-corrected chi connectivity index (χ4v) is 3.46. The topological polar surface area (TPSA) is 71.1 Å². The van der Waals surface area contributed by atoms with Gasteiger partial charge in [-0.05, 0) is 32.3 Å². The Bertz CT molecular complexity index is 517. The number of hydrogen-bond acceptors (Lipinski definition) is 4. The first kappa shape index (κ1) is 16.9. The molecule has 0 spiro atoms. The Morgan fingerprint density at radius 2 is 2.00 bits per heavy atom. The van der Waals surface area contributed by atoms with E-state index in [0.717, 1.165) is 12.8 Å². The summed E-state index contributed by atoms with van der Waals surface area (Å²) in [6.45, 7) is 8.72. The Hall–Kier alpha value is -1.14. The Balaban J connectivity index is 2.88. The zero-order valence-electron chi connectivity index (χ0n) is 12.7. The van der Waals surface area contributed by atoms with Gasteiger partial charge in [0.25, 0.3) is 0 Å². The molecule has 0 aliphatic rings. The van der Waals surface area contributed by atoms with Gasteiger partial charge in [0.15, 0.2) is 0 Å². The largest absolute Gasteiger partial charge is 0.384 e. The van der Waals surface area contributed by atoms with Crippen molar-refractivity contribution in [3.8, 4) is 0 Å². The summed E-state index contributed by atoms with van der Waals surface area (Å²) >= 11 is 0. The SMILES string of the molecule is CCNc1ccncc1S(=O)(=O)NC(C)CC(C)CC. The molecule has 1 rings (SSSR count). The van der Waals surface area contributed by atoms with Crippen molar-refractivity contribution >= 4 is 15.7 Å². The predicted molar refractivity (Wildman–Crippen MR) is 82.3 cm³/mol. The number of hydrogen-bond donors (Lipinski definition) is 2. The van der Waals surface area contributed by atoms with Gasteiger partial charge in [0.2, 0.25) is 10.0 Å². The second kappa shape index (κ2) is 7.59. The van der Waals surface area contributed by atoms with Crippen LogP contribution in [0, 0.1) is 5.92 Å². The number of aromatic nitrogens is 1. The van der Waals surface area contributed by atoms with Gasteiger partial charge in [-0.1, -0.05) is 20.3 Å². The van der Waals surface area contributed by atoms with Crippen LogP contribution in [-0.2, 0) is 10.0 Å². The minimum absolute atomic E-state index is 0.0929. The van der Waals surface area contributed by atoms with Gasteiger partial charge >= 0.3 is 0 Å². The molecule has 0 bridgehead atoms. The van der Waals surface area contributed by atoms with Gasteiger partial charge in [0.1, 0.15) is 4.90 Å². The summed E-state index contributed by atoms with van der Waals surface area (Å²) in [7, 11) is -3.54. The number of nitrogens with zero attached hydrogens (tertiary/aromatic N) is 1. The predicted octanol–water partition coefficient (Wildman–Crippen LogP) is 2.62. The van der Waals surface area contributed by atoms with Crippen LogP contribution in [0.15, 0.2) is 23.4 Å². The van der Waals surface area contributed by atoms with E-state index >= 15 is 0 Å². The third-order valence-electron chi connectivity index (χ3n) is 3.25. The van der Waals surface area contributed by atoms with E-state index < -0.39 is 10.0 Å². The molecule has 2 unspecified atom stereocenters. The molecule has 0 aliphatic carbocycles. The van der Waals surface area contributed by atoms with Gasteiger partial charge in [-0.25, -0.2) is 13.1 Å². The summed E-state index contributed by atoms with van der Waals surface area (Å²) in [5.74, 6) is 0.495. The van der Waals surface area contributed by atoms with E-state index in [2.05, 4.69) is 28.9 Å². The molecule has 114 valence electrons. The van der Waals surface area contributed by atoms with Crippen molar-refractivity contribution in [1.29, 1.82) is 0 Å². The van der Waals surface area contributed by atoms with Crippen molar-refractivity contribution in [2.24, 2.45) is 5.92 Å². The van der Waals surface area contributed by atoms with E-state index in [-0.39, 0.29) is 10.9 Å². The van der Waals surface area contributed by atoms with E-state index in [1.165, 1.54) is 6.20 Å². The molecular formula is C14H25N3O2S. The van der Waals surface area contributed by atoms with E-state index in [1.54, 1.807) is 12.3 Å². The lowest BCUT2D eigenvalue weighted by atomic mass is 10.0. The molecule has 20 heavy (non-hydrogen) atoms. The normalized spacial score (nSPS) is 14.8. The monoisotopic (exact) mass is 299 g/mol. The van der Waals surface area contributed by atoms with Crippen LogP contribution in [0.5, 0.6) is 0 Å². The molecule has 0 saturated heterocycles. The van der Waals surface area contributed by atoms with Crippen LogP contribution in [0.25, 0.3) is 0 Å². The van der Waals surface area contributed by atoms with Gasteiger partial charge < -0.3 is 5.32 Å². The van der Waals surface area contributed by atoms with E-state index in [0.29, 0.717) is 18.2 Å². The maximum Gasteiger partial charge on any atom is 0.244 e. The van der Waals surface area contributed by atoms with Gasteiger partial charge in [0.05, 0.1) is 5.69 Å². The summed E-state index contributed by atoms with van der Waals surface area (Å²) in [5, 5.41) is 3.05. The fourth-order valence-electron chi connectivity index (χ4n) is 2.08. The van der Waals surface area contributed by atoms with Gasteiger partial charge in [-0.15, -0.1) is 0 Å². The molecule has 2 atom stereocenters. The Labute approximate surface area is 122 Å². The van der Waals surface area contributed by atoms with Crippen LogP contribution in [0.1, 0.15) is 40.5 Å². The summed E-state index contributed by atoms with van der Waals surface area (Å²) in [6, 6.07) is 1.59. The van der Waals surface area contributed by atoms with E-state index in [4.69, 9.17) is 0 Å². The Morgan fingerprint density at radius 3 is 2.60 bits per heavy atom.